The fourth-order valence-corrected chi connectivity index (χ4v) is 2.12. The standard InChI is InChI=1S/C13H13F2NO3/c14-8-1-2-10(9(15)7-8)16-6-5-11(16)12(17)3-4-13(18)19/h1-2,7,11H,3-6H2,(H,18,19). The monoisotopic (exact) mass is 269 g/mol. The summed E-state index contributed by atoms with van der Waals surface area (Å²) in [4.78, 5) is 23.7. The molecule has 1 aromatic rings. The minimum absolute atomic E-state index is 0.0701. The van der Waals surface area contributed by atoms with Crippen molar-refractivity contribution < 1.29 is 23.5 Å². The van der Waals surface area contributed by atoms with Crippen molar-refractivity contribution in [1.29, 1.82) is 0 Å². The Balaban J connectivity index is 2.05. The summed E-state index contributed by atoms with van der Waals surface area (Å²) in [6.45, 7) is 0.506. The Morgan fingerprint density at radius 3 is 2.58 bits per heavy atom. The molecule has 1 aliphatic rings. The van der Waals surface area contributed by atoms with Crippen LogP contribution in [0.1, 0.15) is 19.3 Å². The van der Waals surface area contributed by atoms with Crippen LogP contribution >= 0.6 is 0 Å². The van der Waals surface area contributed by atoms with Gasteiger partial charge in [-0.25, -0.2) is 8.78 Å². The number of carboxylic acid groups (broad SMARTS) is 1. The van der Waals surface area contributed by atoms with E-state index in [2.05, 4.69) is 0 Å². The summed E-state index contributed by atoms with van der Waals surface area (Å²) in [5.74, 6) is -2.64. The quantitative estimate of drug-likeness (QED) is 0.888. The molecule has 1 aliphatic heterocycles. The lowest BCUT2D eigenvalue weighted by molar-refractivity contribution is -0.138. The summed E-state index contributed by atoms with van der Waals surface area (Å²) in [6.07, 6.45) is 0.268. The number of carbonyl (C=O) groups excluding carboxylic acids is 1. The number of halogens is 2. The van der Waals surface area contributed by atoms with E-state index in [9.17, 15) is 18.4 Å². The lowest BCUT2D eigenvalue weighted by atomic mass is 9.94. The van der Waals surface area contributed by atoms with E-state index in [-0.39, 0.29) is 24.3 Å². The zero-order valence-electron chi connectivity index (χ0n) is 10.1. The number of carbonyl (C=O) groups is 2. The molecule has 1 saturated heterocycles. The molecule has 0 aliphatic carbocycles. The number of nitrogens with zero attached hydrogens (tertiary/aromatic N) is 1. The summed E-state index contributed by atoms with van der Waals surface area (Å²) >= 11 is 0. The number of aliphatic carboxylic acids is 1. The molecule has 1 N–H and O–H groups in total. The lowest BCUT2D eigenvalue weighted by Gasteiger charge is -2.41. The van der Waals surface area contributed by atoms with Gasteiger partial charge in [-0.2, -0.15) is 0 Å². The van der Waals surface area contributed by atoms with Gasteiger partial charge in [0.25, 0.3) is 0 Å². The molecule has 102 valence electrons. The van der Waals surface area contributed by atoms with Crippen LogP contribution < -0.4 is 4.90 Å². The van der Waals surface area contributed by atoms with Crippen LogP contribution in [0.2, 0.25) is 0 Å². The number of hydrogen-bond acceptors (Lipinski definition) is 3. The van der Waals surface area contributed by atoms with E-state index < -0.39 is 23.6 Å². The molecule has 0 spiro atoms. The normalized spacial score (nSPS) is 18.0. The van der Waals surface area contributed by atoms with Crippen molar-refractivity contribution in [2.45, 2.75) is 25.3 Å². The van der Waals surface area contributed by atoms with Gasteiger partial charge in [0.15, 0.2) is 5.78 Å². The van der Waals surface area contributed by atoms with E-state index in [1.165, 1.54) is 6.07 Å². The van der Waals surface area contributed by atoms with E-state index >= 15 is 0 Å². The Morgan fingerprint density at radius 2 is 2.05 bits per heavy atom. The summed E-state index contributed by atoms with van der Waals surface area (Å²) < 4.78 is 26.4. The van der Waals surface area contributed by atoms with Gasteiger partial charge < -0.3 is 10.0 Å². The molecule has 1 unspecified atom stereocenters. The zero-order valence-corrected chi connectivity index (χ0v) is 10.1. The number of ketones is 1. The molecule has 2 rings (SSSR count). The van der Waals surface area contributed by atoms with Crippen LogP contribution in [0, 0.1) is 11.6 Å². The first-order valence-electron chi connectivity index (χ1n) is 5.95. The lowest BCUT2D eigenvalue weighted by Crippen LogP contribution is -2.53. The van der Waals surface area contributed by atoms with E-state index in [1.807, 2.05) is 0 Å². The van der Waals surface area contributed by atoms with Crippen LogP contribution in [-0.2, 0) is 9.59 Å². The number of Topliss-reactive ketones (excluding diaryl/α,β-unsaturated/α-hetero) is 1. The van der Waals surface area contributed by atoms with Crippen molar-refractivity contribution in [3.05, 3.63) is 29.8 Å². The molecular weight excluding hydrogens is 256 g/mol. The van der Waals surface area contributed by atoms with Crippen molar-refractivity contribution in [2.75, 3.05) is 11.4 Å². The third kappa shape index (κ3) is 2.89. The highest BCUT2D eigenvalue weighted by Gasteiger charge is 2.35. The molecular formula is C13H13F2NO3. The smallest absolute Gasteiger partial charge is 0.303 e. The maximum atomic E-state index is 13.6. The van der Waals surface area contributed by atoms with Crippen molar-refractivity contribution >= 4 is 17.4 Å². The topological polar surface area (TPSA) is 57.6 Å². The predicted octanol–water partition coefficient (Wildman–Crippen LogP) is 1.98. The minimum Gasteiger partial charge on any atom is -0.481 e. The van der Waals surface area contributed by atoms with Crippen molar-refractivity contribution in [3.63, 3.8) is 0 Å². The molecule has 0 radical (unpaired) electrons. The van der Waals surface area contributed by atoms with Crippen molar-refractivity contribution in [3.8, 4) is 0 Å². The summed E-state index contributed by atoms with van der Waals surface area (Å²) in [5.41, 5.74) is 0.182. The van der Waals surface area contributed by atoms with Gasteiger partial charge >= 0.3 is 5.97 Å². The highest BCUT2D eigenvalue weighted by atomic mass is 19.1. The van der Waals surface area contributed by atoms with Crippen LogP contribution in [0.3, 0.4) is 0 Å². The second kappa shape index (κ2) is 5.34. The van der Waals surface area contributed by atoms with Crippen molar-refractivity contribution in [2.24, 2.45) is 0 Å². The van der Waals surface area contributed by atoms with Gasteiger partial charge in [-0.1, -0.05) is 0 Å². The SMILES string of the molecule is O=C(O)CCC(=O)C1CCN1c1ccc(F)cc1F. The first-order chi connectivity index (χ1) is 8.99. The first kappa shape index (κ1) is 13.5. The Hall–Kier alpha value is -1.98. The van der Waals surface area contributed by atoms with Crippen molar-refractivity contribution in [1.82, 2.24) is 0 Å². The molecule has 1 atom stereocenters. The third-order valence-corrected chi connectivity index (χ3v) is 3.20. The molecule has 0 aromatic heterocycles. The van der Waals surface area contributed by atoms with Gasteiger partial charge in [0.2, 0.25) is 0 Å². The Labute approximate surface area is 108 Å². The molecule has 1 fully saturated rings. The first-order valence-corrected chi connectivity index (χ1v) is 5.95. The number of rotatable bonds is 5. The molecule has 0 bridgehead atoms. The van der Waals surface area contributed by atoms with Crippen LogP contribution in [0.25, 0.3) is 0 Å². The van der Waals surface area contributed by atoms with E-state index in [0.717, 1.165) is 12.1 Å². The van der Waals surface area contributed by atoms with Gasteiger partial charge in [0, 0.05) is 19.0 Å². The maximum Gasteiger partial charge on any atom is 0.303 e. The van der Waals surface area contributed by atoms with E-state index in [4.69, 9.17) is 5.11 Å². The number of carboxylic acids is 1. The second-order valence-electron chi connectivity index (χ2n) is 4.45. The average molecular weight is 269 g/mol. The Bertz CT molecular complexity index is 519. The molecule has 1 heterocycles. The molecule has 1 aromatic carbocycles. The van der Waals surface area contributed by atoms with Crippen LogP contribution in [0.15, 0.2) is 18.2 Å². The highest BCUT2D eigenvalue weighted by Crippen LogP contribution is 2.30. The van der Waals surface area contributed by atoms with Crippen LogP contribution in [0.4, 0.5) is 14.5 Å². The highest BCUT2D eigenvalue weighted by molar-refractivity contribution is 5.90. The minimum atomic E-state index is -1.04. The molecule has 0 amide bonds. The largest absolute Gasteiger partial charge is 0.481 e. The summed E-state index contributed by atoms with van der Waals surface area (Å²) in [6, 6.07) is 2.70. The Kier molecular flexibility index (Phi) is 3.78. The maximum absolute atomic E-state index is 13.6. The predicted molar refractivity (Wildman–Crippen MR) is 64.0 cm³/mol. The number of anilines is 1. The molecule has 19 heavy (non-hydrogen) atoms. The molecule has 0 saturated carbocycles. The zero-order chi connectivity index (χ0) is 14.0. The van der Waals surface area contributed by atoms with Gasteiger partial charge in [0.05, 0.1) is 18.2 Å². The molecule has 6 heteroatoms. The number of benzene rings is 1. The van der Waals surface area contributed by atoms with Gasteiger partial charge in [-0.05, 0) is 18.6 Å². The van der Waals surface area contributed by atoms with Crippen LogP contribution in [0.5, 0.6) is 0 Å². The average Bonchev–Trinajstić information content (AvgIpc) is 2.28. The summed E-state index contributed by atoms with van der Waals surface area (Å²) in [7, 11) is 0. The third-order valence-electron chi connectivity index (χ3n) is 3.20. The number of hydrogen-bond donors (Lipinski definition) is 1. The van der Waals surface area contributed by atoms with Gasteiger partial charge in [-0.3, -0.25) is 9.59 Å². The van der Waals surface area contributed by atoms with Crippen LogP contribution in [-0.4, -0.2) is 29.4 Å². The van der Waals surface area contributed by atoms with Gasteiger partial charge in [-0.15, -0.1) is 0 Å². The second-order valence-corrected chi connectivity index (χ2v) is 4.45. The van der Waals surface area contributed by atoms with E-state index in [0.29, 0.717) is 13.0 Å². The Morgan fingerprint density at radius 1 is 1.32 bits per heavy atom. The van der Waals surface area contributed by atoms with Gasteiger partial charge in [0.1, 0.15) is 11.6 Å². The summed E-state index contributed by atoms with van der Waals surface area (Å²) in [5, 5.41) is 8.52. The van der Waals surface area contributed by atoms with E-state index in [1.54, 1.807) is 4.90 Å². The fourth-order valence-electron chi connectivity index (χ4n) is 2.12. The molecule has 4 nitrogen and oxygen atoms in total. The fraction of sp³-hybridized carbons (Fsp3) is 0.385.